The summed E-state index contributed by atoms with van der Waals surface area (Å²) in [5.41, 5.74) is 1.61. The van der Waals surface area contributed by atoms with Gasteiger partial charge in [0.05, 0.1) is 13.7 Å². The molecule has 0 fully saturated rings. The van der Waals surface area contributed by atoms with Crippen molar-refractivity contribution in [2.24, 2.45) is 0 Å². The Bertz CT molecular complexity index is 551. The van der Waals surface area contributed by atoms with Crippen molar-refractivity contribution in [1.82, 2.24) is 0 Å². The molecule has 2 aromatic rings. The number of carbonyl (C=O) groups excluding carboxylic acids is 1. The summed E-state index contributed by atoms with van der Waals surface area (Å²) in [6.45, 7) is 0.593. The van der Waals surface area contributed by atoms with Crippen LogP contribution >= 0.6 is 15.9 Å². The molecule has 5 nitrogen and oxygen atoms in total. The van der Waals surface area contributed by atoms with E-state index in [1.165, 1.54) is 7.11 Å². The van der Waals surface area contributed by atoms with Crippen molar-refractivity contribution < 1.29 is 13.9 Å². The molecule has 0 saturated heterocycles. The standard InChI is InChI=1S/C13H13BrN2O3/c1-18-13(17)16-10-4-2-9(3-5-10)15-8-11-6-7-12(14)19-11/h2-7,15H,8H2,1H3,(H,16,17). The predicted molar refractivity (Wildman–Crippen MR) is 76.2 cm³/mol. The van der Waals surface area contributed by atoms with Crippen LogP contribution in [0.4, 0.5) is 16.2 Å². The number of carbonyl (C=O) groups is 1. The lowest BCUT2D eigenvalue weighted by molar-refractivity contribution is 0.187. The lowest BCUT2D eigenvalue weighted by Gasteiger charge is -2.07. The van der Waals surface area contributed by atoms with Crippen LogP contribution in [0.5, 0.6) is 0 Å². The van der Waals surface area contributed by atoms with Crippen LogP contribution in [-0.2, 0) is 11.3 Å². The van der Waals surface area contributed by atoms with E-state index in [0.29, 0.717) is 16.9 Å². The number of anilines is 2. The van der Waals surface area contributed by atoms with Crippen molar-refractivity contribution in [3.8, 4) is 0 Å². The average Bonchev–Trinajstić information content (AvgIpc) is 2.83. The third-order valence-corrected chi connectivity index (χ3v) is 2.84. The predicted octanol–water partition coefficient (Wildman–Crippen LogP) is 3.83. The second kappa shape index (κ2) is 6.29. The van der Waals surface area contributed by atoms with Crippen molar-refractivity contribution in [2.75, 3.05) is 17.7 Å². The van der Waals surface area contributed by atoms with Crippen molar-refractivity contribution in [3.63, 3.8) is 0 Å². The van der Waals surface area contributed by atoms with E-state index in [2.05, 4.69) is 31.3 Å². The highest BCUT2D eigenvalue weighted by atomic mass is 79.9. The Kier molecular flexibility index (Phi) is 4.46. The molecular weight excluding hydrogens is 312 g/mol. The molecule has 1 heterocycles. The first-order chi connectivity index (χ1) is 9.17. The van der Waals surface area contributed by atoms with E-state index in [0.717, 1.165) is 11.4 Å². The third kappa shape index (κ3) is 4.03. The van der Waals surface area contributed by atoms with Gasteiger partial charge in [-0.3, -0.25) is 5.32 Å². The van der Waals surface area contributed by atoms with E-state index in [1.54, 1.807) is 12.1 Å². The first kappa shape index (κ1) is 13.5. The molecule has 0 aliphatic heterocycles. The minimum absolute atomic E-state index is 0.485. The van der Waals surface area contributed by atoms with Gasteiger partial charge in [-0.2, -0.15) is 0 Å². The molecule has 1 amide bonds. The van der Waals surface area contributed by atoms with Crippen molar-refractivity contribution in [1.29, 1.82) is 0 Å². The van der Waals surface area contributed by atoms with Gasteiger partial charge < -0.3 is 14.5 Å². The monoisotopic (exact) mass is 324 g/mol. The molecule has 2 N–H and O–H groups in total. The minimum atomic E-state index is -0.485. The Morgan fingerprint density at radius 1 is 1.21 bits per heavy atom. The first-order valence-electron chi connectivity index (χ1n) is 5.60. The van der Waals surface area contributed by atoms with Gasteiger partial charge in [0.1, 0.15) is 5.76 Å². The van der Waals surface area contributed by atoms with Crippen LogP contribution < -0.4 is 10.6 Å². The first-order valence-corrected chi connectivity index (χ1v) is 6.40. The maximum Gasteiger partial charge on any atom is 0.411 e. The number of amides is 1. The fourth-order valence-corrected chi connectivity index (χ4v) is 1.82. The van der Waals surface area contributed by atoms with Gasteiger partial charge in [-0.1, -0.05) is 0 Å². The third-order valence-electron chi connectivity index (χ3n) is 2.41. The topological polar surface area (TPSA) is 63.5 Å². The van der Waals surface area contributed by atoms with Gasteiger partial charge in [-0.15, -0.1) is 0 Å². The molecule has 0 radical (unpaired) electrons. The van der Waals surface area contributed by atoms with Gasteiger partial charge in [0.2, 0.25) is 0 Å². The maximum absolute atomic E-state index is 11.0. The Labute approximate surface area is 119 Å². The number of ether oxygens (including phenoxy) is 1. The van der Waals surface area contributed by atoms with E-state index in [4.69, 9.17) is 4.42 Å². The number of furan rings is 1. The number of benzene rings is 1. The molecule has 0 saturated carbocycles. The van der Waals surface area contributed by atoms with E-state index in [9.17, 15) is 4.79 Å². The Morgan fingerprint density at radius 2 is 1.89 bits per heavy atom. The van der Waals surface area contributed by atoms with Crippen LogP contribution in [0.3, 0.4) is 0 Å². The van der Waals surface area contributed by atoms with Crippen molar-refractivity contribution in [2.45, 2.75) is 6.54 Å². The molecule has 0 bridgehead atoms. The van der Waals surface area contributed by atoms with Gasteiger partial charge in [-0.25, -0.2) is 4.79 Å². The molecule has 2 rings (SSSR count). The number of rotatable bonds is 4. The lowest BCUT2D eigenvalue weighted by atomic mass is 10.3. The zero-order valence-corrected chi connectivity index (χ0v) is 11.9. The largest absolute Gasteiger partial charge is 0.453 e. The summed E-state index contributed by atoms with van der Waals surface area (Å²) < 4.78 is 10.6. The van der Waals surface area contributed by atoms with Gasteiger partial charge in [0.15, 0.2) is 4.67 Å². The summed E-state index contributed by atoms with van der Waals surface area (Å²) in [7, 11) is 1.33. The van der Waals surface area contributed by atoms with Crippen LogP contribution in [0.25, 0.3) is 0 Å². The number of nitrogens with one attached hydrogen (secondary N) is 2. The summed E-state index contributed by atoms with van der Waals surface area (Å²) >= 11 is 3.25. The zero-order chi connectivity index (χ0) is 13.7. The van der Waals surface area contributed by atoms with E-state index >= 15 is 0 Å². The number of hydrogen-bond donors (Lipinski definition) is 2. The van der Waals surface area contributed by atoms with Crippen LogP contribution in [0.15, 0.2) is 45.5 Å². The molecule has 0 unspecified atom stereocenters. The highest BCUT2D eigenvalue weighted by Gasteiger charge is 2.01. The number of hydrogen-bond acceptors (Lipinski definition) is 4. The zero-order valence-electron chi connectivity index (χ0n) is 10.3. The molecular formula is C13H13BrN2O3. The molecule has 0 aliphatic carbocycles. The molecule has 0 atom stereocenters. The number of methoxy groups -OCH3 is 1. The molecule has 1 aromatic heterocycles. The summed E-state index contributed by atoms with van der Waals surface area (Å²) in [4.78, 5) is 11.0. The van der Waals surface area contributed by atoms with Crippen molar-refractivity contribution in [3.05, 3.63) is 46.8 Å². The smallest absolute Gasteiger partial charge is 0.411 e. The van der Waals surface area contributed by atoms with Gasteiger partial charge in [-0.05, 0) is 52.3 Å². The van der Waals surface area contributed by atoms with Gasteiger partial charge in [0, 0.05) is 11.4 Å². The average molecular weight is 325 g/mol. The lowest BCUT2D eigenvalue weighted by Crippen LogP contribution is -2.10. The van der Waals surface area contributed by atoms with Crippen LogP contribution in [0.2, 0.25) is 0 Å². The van der Waals surface area contributed by atoms with E-state index in [-0.39, 0.29) is 0 Å². The summed E-state index contributed by atoms with van der Waals surface area (Å²) in [5.74, 6) is 0.837. The molecule has 1 aromatic carbocycles. The molecule has 0 spiro atoms. The number of halogens is 1. The molecule has 6 heteroatoms. The summed E-state index contributed by atoms with van der Waals surface area (Å²) in [5, 5.41) is 5.79. The molecule has 0 aliphatic rings. The SMILES string of the molecule is COC(=O)Nc1ccc(NCc2ccc(Br)o2)cc1. The Hall–Kier alpha value is -1.95. The fourth-order valence-electron chi connectivity index (χ4n) is 1.48. The van der Waals surface area contributed by atoms with E-state index < -0.39 is 6.09 Å². The van der Waals surface area contributed by atoms with Crippen LogP contribution in [0.1, 0.15) is 5.76 Å². The quantitative estimate of drug-likeness (QED) is 0.897. The second-order valence-electron chi connectivity index (χ2n) is 3.75. The minimum Gasteiger partial charge on any atom is -0.453 e. The fraction of sp³-hybridized carbons (Fsp3) is 0.154. The van der Waals surface area contributed by atoms with E-state index in [1.807, 2.05) is 24.3 Å². The highest BCUT2D eigenvalue weighted by Crippen LogP contribution is 2.17. The van der Waals surface area contributed by atoms with Crippen molar-refractivity contribution >= 4 is 33.4 Å². The Morgan fingerprint density at radius 3 is 2.47 bits per heavy atom. The Balaban J connectivity index is 1.89. The van der Waals surface area contributed by atoms with Crippen LogP contribution in [-0.4, -0.2) is 13.2 Å². The second-order valence-corrected chi connectivity index (χ2v) is 4.53. The maximum atomic E-state index is 11.0. The van der Waals surface area contributed by atoms with Crippen LogP contribution in [0, 0.1) is 0 Å². The molecule has 100 valence electrons. The summed E-state index contributed by atoms with van der Waals surface area (Å²) in [6, 6.07) is 11.0. The molecule has 19 heavy (non-hydrogen) atoms. The highest BCUT2D eigenvalue weighted by molar-refractivity contribution is 9.10. The normalized spacial score (nSPS) is 10.0. The van der Waals surface area contributed by atoms with Gasteiger partial charge in [0.25, 0.3) is 0 Å². The van der Waals surface area contributed by atoms with Gasteiger partial charge >= 0.3 is 6.09 Å². The summed E-state index contributed by atoms with van der Waals surface area (Å²) in [6.07, 6.45) is -0.485.